The van der Waals surface area contributed by atoms with Crippen LogP contribution >= 0.6 is 23.2 Å². The van der Waals surface area contributed by atoms with E-state index in [1.165, 1.54) is 25.1 Å². The number of nitrogens with zero attached hydrogens (tertiary/aromatic N) is 2. The minimum Gasteiger partial charge on any atom is -0.451 e. The minimum atomic E-state index is -1.29. The average Bonchev–Trinajstić information content (AvgIpc) is 2.73. The summed E-state index contributed by atoms with van der Waals surface area (Å²) in [6.45, 7) is 0.641. The molecule has 2 N–H and O–H groups in total. The third kappa shape index (κ3) is 6.36. The fraction of sp³-hybridized carbons (Fsp3) is 0.167. The quantitative estimate of drug-likeness (QED) is 0.326. The number of anilines is 1. The predicted molar refractivity (Wildman–Crippen MR) is 113 cm³/mol. The van der Waals surface area contributed by atoms with Gasteiger partial charge in [0, 0.05) is 23.8 Å². The van der Waals surface area contributed by atoms with Crippen molar-refractivity contribution in [2.75, 3.05) is 11.9 Å². The monoisotopic (exact) mass is 484 g/mol. The maximum Gasteiger partial charge on any atom is 0.326 e. The van der Waals surface area contributed by atoms with Crippen molar-refractivity contribution in [2.45, 2.75) is 13.0 Å². The molecule has 12 nitrogen and oxygen atoms in total. The Balaban J connectivity index is 1.90. The second-order valence-corrected chi connectivity index (χ2v) is 6.96. The van der Waals surface area contributed by atoms with Crippen molar-refractivity contribution in [1.82, 2.24) is 5.32 Å². The number of nitrogens with one attached hydrogen (secondary N) is 2. The van der Waals surface area contributed by atoms with Crippen LogP contribution in [-0.4, -0.2) is 40.3 Å². The van der Waals surface area contributed by atoms with Crippen molar-refractivity contribution < 1.29 is 29.0 Å². The highest BCUT2D eigenvalue weighted by Crippen LogP contribution is 2.27. The summed E-state index contributed by atoms with van der Waals surface area (Å²) in [5, 5.41) is 25.9. The number of amides is 2. The van der Waals surface area contributed by atoms with Crippen LogP contribution in [-0.2, 0) is 14.3 Å². The zero-order chi connectivity index (χ0) is 24.0. The van der Waals surface area contributed by atoms with Gasteiger partial charge in [-0.2, -0.15) is 0 Å². The fourth-order valence-corrected chi connectivity index (χ4v) is 2.70. The zero-order valence-corrected chi connectivity index (χ0v) is 17.7. The van der Waals surface area contributed by atoms with Crippen molar-refractivity contribution in [3.8, 4) is 0 Å². The van der Waals surface area contributed by atoms with E-state index in [0.29, 0.717) is 0 Å². The molecule has 2 aromatic rings. The predicted octanol–water partition coefficient (Wildman–Crippen LogP) is 3.11. The van der Waals surface area contributed by atoms with Gasteiger partial charge in [0.1, 0.15) is 11.6 Å². The highest BCUT2D eigenvalue weighted by atomic mass is 35.5. The molecule has 0 saturated heterocycles. The molecular formula is C18H14Cl2N4O8. The van der Waals surface area contributed by atoms with Gasteiger partial charge in [0.2, 0.25) is 0 Å². The molecule has 0 aromatic heterocycles. The van der Waals surface area contributed by atoms with E-state index in [0.717, 1.165) is 18.2 Å². The molecule has 0 radical (unpaired) electrons. The third-order valence-electron chi connectivity index (χ3n) is 3.90. The number of hydrogen-bond acceptors (Lipinski definition) is 8. The van der Waals surface area contributed by atoms with E-state index >= 15 is 0 Å². The summed E-state index contributed by atoms with van der Waals surface area (Å²) in [5.41, 5.74) is -0.776. The molecule has 2 amide bonds. The molecule has 0 spiro atoms. The Hall–Kier alpha value is -3.77. The van der Waals surface area contributed by atoms with Gasteiger partial charge in [0.25, 0.3) is 23.2 Å². The summed E-state index contributed by atoms with van der Waals surface area (Å²) < 4.78 is 4.91. The molecule has 0 aliphatic carbocycles. The molecule has 1 unspecified atom stereocenters. The van der Waals surface area contributed by atoms with Gasteiger partial charge >= 0.3 is 5.97 Å². The van der Waals surface area contributed by atoms with Crippen LogP contribution in [0.15, 0.2) is 36.4 Å². The van der Waals surface area contributed by atoms with Gasteiger partial charge in [-0.15, -0.1) is 0 Å². The van der Waals surface area contributed by atoms with E-state index in [9.17, 15) is 34.6 Å². The molecule has 14 heteroatoms. The number of carbonyl (C=O) groups is 3. The first kappa shape index (κ1) is 24.5. The molecule has 1 atom stereocenters. The number of nitro groups is 2. The Morgan fingerprint density at radius 2 is 1.72 bits per heavy atom. The molecule has 2 aromatic carbocycles. The number of nitro benzene ring substituents is 2. The van der Waals surface area contributed by atoms with Gasteiger partial charge < -0.3 is 15.4 Å². The SMILES string of the molecule is CC(OC(=O)CNC(=O)c1ccc(Cl)c([N+](=O)[O-])c1)C(=O)Nc1ccc([N+](=O)[O-])cc1Cl. The smallest absolute Gasteiger partial charge is 0.326 e. The van der Waals surface area contributed by atoms with E-state index in [2.05, 4.69) is 10.6 Å². The van der Waals surface area contributed by atoms with E-state index in [1.807, 2.05) is 0 Å². The topological polar surface area (TPSA) is 171 Å². The Kier molecular flexibility index (Phi) is 8.04. The van der Waals surface area contributed by atoms with Crippen molar-refractivity contribution in [1.29, 1.82) is 0 Å². The highest BCUT2D eigenvalue weighted by molar-refractivity contribution is 6.34. The molecule has 0 aliphatic rings. The lowest BCUT2D eigenvalue weighted by Crippen LogP contribution is -2.35. The van der Waals surface area contributed by atoms with E-state index < -0.39 is 46.0 Å². The van der Waals surface area contributed by atoms with Crippen LogP contribution in [0.3, 0.4) is 0 Å². The van der Waals surface area contributed by atoms with Crippen LogP contribution in [0, 0.1) is 20.2 Å². The first-order chi connectivity index (χ1) is 15.0. The average molecular weight is 485 g/mol. The van der Waals surface area contributed by atoms with Crippen molar-refractivity contribution in [2.24, 2.45) is 0 Å². The number of benzene rings is 2. The molecule has 2 rings (SSSR count). The fourth-order valence-electron chi connectivity index (χ4n) is 2.29. The third-order valence-corrected chi connectivity index (χ3v) is 4.53. The summed E-state index contributed by atoms with van der Waals surface area (Å²) >= 11 is 11.6. The van der Waals surface area contributed by atoms with Crippen LogP contribution in [0.2, 0.25) is 10.0 Å². The summed E-state index contributed by atoms with van der Waals surface area (Å²) in [6, 6.07) is 6.76. The molecular weight excluding hydrogens is 471 g/mol. The second kappa shape index (κ2) is 10.5. The van der Waals surface area contributed by atoms with Gasteiger partial charge in [0.15, 0.2) is 6.10 Å². The number of hydrogen-bond donors (Lipinski definition) is 2. The van der Waals surface area contributed by atoms with Crippen LogP contribution < -0.4 is 10.6 Å². The molecule has 0 heterocycles. The summed E-state index contributed by atoms with van der Waals surface area (Å²) in [7, 11) is 0. The Labute approximate surface area is 189 Å². The van der Waals surface area contributed by atoms with Crippen molar-refractivity contribution in [3.05, 3.63) is 72.2 Å². The summed E-state index contributed by atoms with van der Waals surface area (Å²) in [6.07, 6.45) is -1.29. The first-order valence-electron chi connectivity index (χ1n) is 8.66. The minimum absolute atomic E-state index is 0.0720. The molecule has 32 heavy (non-hydrogen) atoms. The number of ether oxygens (including phenoxy) is 1. The lowest BCUT2D eigenvalue weighted by Gasteiger charge is -2.14. The molecule has 0 bridgehead atoms. The second-order valence-electron chi connectivity index (χ2n) is 6.15. The van der Waals surface area contributed by atoms with Gasteiger partial charge in [0.05, 0.1) is 20.6 Å². The van der Waals surface area contributed by atoms with Crippen molar-refractivity contribution >= 4 is 58.0 Å². The van der Waals surface area contributed by atoms with E-state index in [4.69, 9.17) is 27.9 Å². The Morgan fingerprint density at radius 1 is 1.03 bits per heavy atom. The largest absolute Gasteiger partial charge is 0.451 e. The maximum absolute atomic E-state index is 12.2. The number of non-ortho nitro benzene ring substituents is 1. The number of carbonyl (C=O) groups excluding carboxylic acids is 3. The standard InChI is InChI=1S/C18H14Cl2N4O8/c1-9(17(26)22-14-5-3-11(23(28)29)7-13(14)20)32-16(25)8-21-18(27)10-2-4-12(19)15(6-10)24(30)31/h2-7,9H,8H2,1H3,(H,21,27)(H,22,26). The summed E-state index contributed by atoms with van der Waals surface area (Å²) in [5.74, 6) is -2.52. The lowest BCUT2D eigenvalue weighted by atomic mass is 10.2. The molecule has 0 fully saturated rings. The maximum atomic E-state index is 12.2. The Bertz CT molecular complexity index is 1110. The number of esters is 1. The van der Waals surface area contributed by atoms with Gasteiger partial charge in [-0.25, -0.2) is 0 Å². The normalized spacial score (nSPS) is 11.2. The van der Waals surface area contributed by atoms with Crippen LogP contribution in [0.1, 0.15) is 17.3 Å². The van der Waals surface area contributed by atoms with Crippen LogP contribution in [0.5, 0.6) is 0 Å². The van der Waals surface area contributed by atoms with Gasteiger partial charge in [-0.1, -0.05) is 23.2 Å². The Morgan fingerprint density at radius 3 is 2.31 bits per heavy atom. The highest BCUT2D eigenvalue weighted by Gasteiger charge is 2.21. The number of rotatable bonds is 8. The first-order valence-corrected chi connectivity index (χ1v) is 9.41. The van der Waals surface area contributed by atoms with Crippen molar-refractivity contribution in [3.63, 3.8) is 0 Å². The molecule has 0 aliphatic heterocycles. The zero-order valence-electron chi connectivity index (χ0n) is 16.2. The lowest BCUT2D eigenvalue weighted by molar-refractivity contribution is -0.385. The van der Waals surface area contributed by atoms with E-state index in [1.54, 1.807) is 0 Å². The van der Waals surface area contributed by atoms with Crippen LogP contribution in [0.25, 0.3) is 0 Å². The molecule has 0 saturated carbocycles. The van der Waals surface area contributed by atoms with Gasteiger partial charge in [-0.3, -0.25) is 34.6 Å². The number of halogens is 2. The molecule has 168 valence electrons. The van der Waals surface area contributed by atoms with Crippen LogP contribution in [0.4, 0.5) is 17.1 Å². The summed E-state index contributed by atoms with van der Waals surface area (Å²) in [4.78, 5) is 56.4. The van der Waals surface area contributed by atoms with E-state index in [-0.39, 0.29) is 27.0 Å². The van der Waals surface area contributed by atoms with Gasteiger partial charge in [-0.05, 0) is 25.1 Å².